The topological polar surface area (TPSA) is 140 Å². The highest BCUT2D eigenvalue weighted by Gasteiger charge is 2.35. The summed E-state index contributed by atoms with van der Waals surface area (Å²) in [4.78, 5) is 65.2. The van der Waals surface area contributed by atoms with E-state index in [-0.39, 0.29) is 30.9 Å². The fourth-order valence-electron chi connectivity index (χ4n) is 4.43. The van der Waals surface area contributed by atoms with Crippen LogP contribution in [-0.2, 0) is 39.9 Å². The monoisotopic (exact) mass is 591 g/mol. The maximum atomic E-state index is 13.6. The highest BCUT2D eigenvalue weighted by Crippen LogP contribution is 2.24. The molecule has 5 atom stereocenters. The molecular weight excluding hydrogens is 554 g/mol. The van der Waals surface area contributed by atoms with Crippen molar-refractivity contribution in [2.75, 3.05) is 11.5 Å². The zero-order valence-electron chi connectivity index (χ0n) is 22.9. The third kappa shape index (κ3) is 10.2. The first-order chi connectivity index (χ1) is 19.1. The number of esters is 2. The lowest BCUT2D eigenvalue weighted by Gasteiger charge is -2.32. The number of ether oxygens (including phenoxy) is 2. The second-order valence-corrected chi connectivity index (χ2v) is 12.7. The lowest BCUT2D eigenvalue weighted by molar-refractivity contribution is -0.158. The van der Waals surface area contributed by atoms with Gasteiger partial charge in [0.05, 0.1) is 18.9 Å². The van der Waals surface area contributed by atoms with Crippen molar-refractivity contribution in [1.29, 1.82) is 0 Å². The van der Waals surface area contributed by atoms with Crippen molar-refractivity contribution in [2.45, 2.75) is 76.8 Å². The second-order valence-electron chi connectivity index (χ2n) is 10.1. The molecular formula is C28H37N3O7S2. The Kier molecular flexibility index (Phi) is 12.4. The van der Waals surface area contributed by atoms with Gasteiger partial charge in [-0.05, 0) is 24.0 Å². The Hall–Kier alpha value is -2.99. The molecule has 2 aliphatic rings. The predicted molar refractivity (Wildman–Crippen MR) is 154 cm³/mol. The molecule has 0 radical (unpaired) electrons. The Morgan fingerprint density at radius 1 is 1.02 bits per heavy atom. The van der Waals surface area contributed by atoms with Gasteiger partial charge in [-0.25, -0.2) is 0 Å². The molecule has 1 saturated heterocycles. The van der Waals surface area contributed by atoms with E-state index in [9.17, 15) is 24.0 Å². The molecule has 2 heterocycles. The molecule has 0 aliphatic carbocycles. The molecule has 1 fully saturated rings. The molecule has 0 unspecified atom stereocenters. The zero-order valence-corrected chi connectivity index (χ0v) is 24.6. The number of hydrogen-bond acceptors (Lipinski definition) is 9. The van der Waals surface area contributed by atoms with Gasteiger partial charge in [-0.3, -0.25) is 24.0 Å². The number of rotatable bonds is 4. The molecule has 12 heteroatoms. The molecule has 2 aliphatic heterocycles. The maximum Gasteiger partial charge on any atom is 0.310 e. The molecule has 218 valence electrons. The summed E-state index contributed by atoms with van der Waals surface area (Å²) in [6, 6.07) is 6.61. The molecule has 1 aromatic carbocycles. The van der Waals surface area contributed by atoms with Crippen LogP contribution in [-0.4, -0.2) is 71.5 Å². The van der Waals surface area contributed by atoms with Gasteiger partial charge in [-0.2, -0.15) is 0 Å². The number of nitrogens with one attached hydrogen (secondary N) is 3. The quantitative estimate of drug-likeness (QED) is 0.273. The summed E-state index contributed by atoms with van der Waals surface area (Å²) in [6.45, 7) is 4.90. The largest absolute Gasteiger partial charge is 0.460 e. The van der Waals surface area contributed by atoms with Gasteiger partial charge in [0.2, 0.25) is 17.7 Å². The van der Waals surface area contributed by atoms with Gasteiger partial charge in [0.25, 0.3) is 0 Å². The maximum absolute atomic E-state index is 13.6. The summed E-state index contributed by atoms with van der Waals surface area (Å²) < 4.78 is 11.1. The number of benzene rings is 1. The predicted octanol–water partition coefficient (Wildman–Crippen LogP) is 2.32. The van der Waals surface area contributed by atoms with E-state index in [1.165, 1.54) is 17.7 Å². The molecule has 40 heavy (non-hydrogen) atoms. The normalized spacial score (nSPS) is 28.1. The Morgan fingerprint density at radius 2 is 1.77 bits per heavy atom. The first kappa shape index (κ1) is 31.5. The molecule has 10 nitrogen and oxygen atoms in total. The molecule has 3 N–H and O–H groups in total. The first-order valence-corrected chi connectivity index (χ1v) is 15.8. The fraction of sp³-hybridized carbons (Fsp3) is 0.536. The summed E-state index contributed by atoms with van der Waals surface area (Å²) in [5.41, 5.74) is 0.830. The lowest BCUT2D eigenvalue weighted by Crippen LogP contribution is -2.58. The van der Waals surface area contributed by atoms with E-state index < -0.39 is 60.0 Å². The van der Waals surface area contributed by atoms with E-state index in [0.29, 0.717) is 6.42 Å². The van der Waals surface area contributed by atoms with Gasteiger partial charge >= 0.3 is 11.9 Å². The van der Waals surface area contributed by atoms with E-state index >= 15 is 0 Å². The highest BCUT2D eigenvalue weighted by atomic mass is 33.1. The number of carbonyl (C=O) groups excluding carboxylic acids is 5. The SMILES string of the molecule is CC(=O)O[C@@H]1CC(=O)O[C@@H]2/C=C/CCSSC[C@@H](NC(=O)[C@@H](Cc3ccccc3)NC(=O)C2)C(=O)N[C@@H]1C(C)C. The first-order valence-electron chi connectivity index (χ1n) is 13.3. The zero-order chi connectivity index (χ0) is 29.1. The third-order valence-electron chi connectivity index (χ3n) is 6.39. The Labute approximate surface area is 242 Å². The van der Waals surface area contributed by atoms with E-state index in [1.54, 1.807) is 16.9 Å². The minimum Gasteiger partial charge on any atom is -0.460 e. The smallest absolute Gasteiger partial charge is 0.310 e. The van der Waals surface area contributed by atoms with E-state index in [2.05, 4.69) is 16.0 Å². The van der Waals surface area contributed by atoms with Crippen LogP contribution in [0.1, 0.15) is 45.6 Å². The van der Waals surface area contributed by atoms with Gasteiger partial charge in [0.1, 0.15) is 24.3 Å². The van der Waals surface area contributed by atoms with Crippen molar-refractivity contribution >= 4 is 51.2 Å². The summed E-state index contributed by atoms with van der Waals surface area (Å²) >= 11 is 0. The van der Waals surface area contributed by atoms with Crippen LogP contribution in [0.3, 0.4) is 0 Å². The van der Waals surface area contributed by atoms with Crippen molar-refractivity contribution in [3.63, 3.8) is 0 Å². The van der Waals surface area contributed by atoms with Crippen LogP contribution in [0.2, 0.25) is 0 Å². The average molecular weight is 592 g/mol. The second kappa shape index (κ2) is 15.7. The summed E-state index contributed by atoms with van der Waals surface area (Å²) in [5, 5.41) is 8.51. The van der Waals surface area contributed by atoms with Crippen molar-refractivity contribution in [1.82, 2.24) is 16.0 Å². The van der Waals surface area contributed by atoms with Gasteiger partial charge in [-0.1, -0.05) is 71.8 Å². The number of allylic oxidation sites excluding steroid dienone is 1. The highest BCUT2D eigenvalue weighted by molar-refractivity contribution is 8.76. The Morgan fingerprint density at radius 3 is 2.48 bits per heavy atom. The minimum atomic E-state index is -1.00. The van der Waals surface area contributed by atoms with Crippen molar-refractivity contribution in [3.05, 3.63) is 48.0 Å². The molecule has 3 amide bonds. The van der Waals surface area contributed by atoms with Crippen LogP contribution in [0.5, 0.6) is 0 Å². The molecule has 3 rings (SSSR count). The summed E-state index contributed by atoms with van der Waals surface area (Å²) in [6.07, 6.45) is 1.97. The van der Waals surface area contributed by atoms with Crippen LogP contribution in [0.15, 0.2) is 42.5 Å². The van der Waals surface area contributed by atoms with E-state index in [0.717, 1.165) is 11.3 Å². The Balaban J connectivity index is 2.03. The van der Waals surface area contributed by atoms with Crippen LogP contribution in [0, 0.1) is 5.92 Å². The minimum absolute atomic E-state index is 0.199. The summed E-state index contributed by atoms with van der Waals surface area (Å²) in [7, 11) is 3.00. The van der Waals surface area contributed by atoms with Crippen molar-refractivity contribution < 1.29 is 33.4 Å². The van der Waals surface area contributed by atoms with Gasteiger partial charge in [0, 0.05) is 24.9 Å². The van der Waals surface area contributed by atoms with Gasteiger partial charge < -0.3 is 25.4 Å². The molecule has 0 aromatic heterocycles. The van der Waals surface area contributed by atoms with Crippen LogP contribution < -0.4 is 16.0 Å². The molecule has 0 spiro atoms. The molecule has 1 aromatic rings. The lowest BCUT2D eigenvalue weighted by atomic mass is 9.95. The number of fused-ring (bicyclic) bond motifs is 7. The fourth-order valence-corrected chi connectivity index (χ4v) is 6.58. The summed E-state index contributed by atoms with van der Waals surface area (Å²) in [5.74, 6) is -1.98. The van der Waals surface area contributed by atoms with Crippen molar-refractivity contribution in [3.8, 4) is 0 Å². The standard InChI is InChI=1S/C28H37N3O7S2/c1-17(2)26-23(37-18(3)32)15-25(34)38-20-11-7-8-12-39-40-16-22(28(36)31-26)30-27(35)21(29-24(33)14-20)13-19-9-5-4-6-10-19/h4-7,9-11,17,20-23,26H,8,12-16H2,1-3H3,(H,29,33)(H,30,35)(H,31,36)/b11-7+/t20-,21-,22-,23-,26-/m1/s1. The number of hydrogen-bond donors (Lipinski definition) is 3. The Bertz CT molecular complexity index is 1080. The van der Waals surface area contributed by atoms with Crippen LogP contribution >= 0.6 is 21.6 Å². The van der Waals surface area contributed by atoms with Gasteiger partial charge in [0.15, 0.2) is 0 Å². The number of amides is 3. The van der Waals surface area contributed by atoms with E-state index in [4.69, 9.17) is 9.47 Å². The molecule has 0 saturated carbocycles. The van der Waals surface area contributed by atoms with Crippen LogP contribution in [0.25, 0.3) is 0 Å². The third-order valence-corrected chi connectivity index (χ3v) is 8.83. The van der Waals surface area contributed by atoms with Gasteiger partial charge in [-0.15, -0.1) is 0 Å². The van der Waals surface area contributed by atoms with Crippen LogP contribution in [0.4, 0.5) is 0 Å². The average Bonchev–Trinajstić information content (AvgIpc) is 2.89. The van der Waals surface area contributed by atoms with E-state index in [1.807, 2.05) is 50.3 Å². The van der Waals surface area contributed by atoms with Crippen molar-refractivity contribution in [2.24, 2.45) is 5.92 Å². The molecule has 2 bridgehead atoms. The number of carbonyl (C=O) groups is 5.